The molecule has 3 rings (SSSR count). The first-order chi connectivity index (χ1) is 16.2. The molecular formula is C20H23N7O7. The molecule has 180 valence electrons. The van der Waals surface area contributed by atoms with Gasteiger partial charge in [-0.1, -0.05) is 0 Å². The van der Waals surface area contributed by atoms with Crippen LogP contribution in [0.15, 0.2) is 29.1 Å². The molecule has 34 heavy (non-hydrogen) atoms. The second kappa shape index (κ2) is 10.3. The molecule has 2 amide bonds. The SMILES string of the molecule is Nc1nc2c(c(=O)[nH]1)N(C=O)CC(CNc1ccc(C(=O)NC(CCC(=O)O)C(=O)O)cc1)N2. The van der Waals surface area contributed by atoms with Gasteiger partial charge in [0.2, 0.25) is 12.4 Å². The number of anilines is 4. The monoisotopic (exact) mass is 473 g/mol. The first kappa shape index (κ1) is 24.0. The highest BCUT2D eigenvalue weighted by atomic mass is 16.4. The third-order valence-electron chi connectivity index (χ3n) is 5.04. The summed E-state index contributed by atoms with van der Waals surface area (Å²) in [4.78, 5) is 65.4. The molecule has 0 saturated heterocycles. The lowest BCUT2D eigenvalue weighted by atomic mass is 10.1. The highest BCUT2D eigenvalue weighted by Crippen LogP contribution is 2.24. The van der Waals surface area contributed by atoms with E-state index in [2.05, 4.69) is 25.9 Å². The fourth-order valence-corrected chi connectivity index (χ4v) is 3.38. The maximum atomic E-state index is 12.3. The molecule has 0 spiro atoms. The summed E-state index contributed by atoms with van der Waals surface area (Å²) >= 11 is 0. The summed E-state index contributed by atoms with van der Waals surface area (Å²) < 4.78 is 0. The number of carboxylic acid groups (broad SMARTS) is 2. The van der Waals surface area contributed by atoms with Crippen molar-refractivity contribution in [3.05, 3.63) is 40.2 Å². The van der Waals surface area contributed by atoms with Crippen LogP contribution < -0.4 is 32.1 Å². The first-order valence-electron chi connectivity index (χ1n) is 10.2. The number of nitrogens with one attached hydrogen (secondary N) is 4. The first-order valence-corrected chi connectivity index (χ1v) is 10.2. The van der Waals surface area contributed by atoms with E-state index in [0.717, 1.165) is 0 Å². The number of hydrogen-bond acceptors (Lipinski definition) is 9. The number of nitrogens with two attached hydrogens (primary N) is 1. The van der Waals surface area contributed by atoms with E-state index >= 15 is 0 Å². The van der Waals surface area contributed by atoms with Gasteiger partial charge < -0.3 is 36.8 Å². The Hall–Kier alpha value is -4.62. The molecule has 1 aliphatic rings. The van der Waals surface area contributed by atoms with Crippen LogP contribution in [0.4, 0.5) is 23.1 Å². The van der Waals surface area contributed by atoms with Crippen LogP contribution in [0, 0.1) is 0 Å². The Labute approximate surface area is 192 Å². The van der Waals surface area contributed by atoms with Crippen LogP contribution in [0.1, 0.15) is 23.2 Å². The topological polar surface area (TPSA) is 220 Å². The van der Waals surface area contributed by atoms with Crippen LogP contribution in [0.3, 0.4) is 0 Å². The van der Waals surface area contributed by atoms with Gasteiger partial charge in [0.05, 0.1) is 6.04 Å². The van der Waals surface area contributed by atoms with Crippen molar-refractivity contribution in [1.82, 2.24) is 15.3 Å². The summed E-state index contributed by atoms with van der Waals surface area (Å²) in [5.74, 6) is -3.02. The van der Waals surface area contributed by atoms with Gasteiger partial charge in [-0.15, -0.1) is 0 Å². The zero-order valence-corrected chi connectivity index (χ0v) is 17.8. The van der Waals surface area contributed by atoms with Gasteiger partial charge in [0.1, 0.15) is 6.04 Å². The molecule has 2 heterocycles. The summed E-state index contributed by atoms with van der Waals surface area (Å²) in [5.41, 5.74) is 5.96. The molecule has 2 aromatic rings. The summed E-state index contributed by atoms with van der Waals surface area (Å²) in [6.45, 7) is 0.533. The number of rotatable bonds is 10. The minimum atomic E-state index is -1.32. The number of carboxylic acids is 2. The van der Waals surface area contributed by atoms with Crippen LogP contribution in [-0.2, 0) is 14.4 Å². The maximum Gasteiger partial charge on any atom is 0.326 e. The Bertz CT molecular complexity index is 1150. The number of amides is 2. The standard InChI is InChI=1S/C20H23N7O7/c21-20-25-16-15(18(32)26-20)27(9-28)8-12(23-16)7-22-11-3-1-10(2-4-11)17(31)24-13(19(33)34)5-6-14(29)30/h1-4,9,12-13,22H,5-8H2,(H,24,31)(H,29,30)(H,33,34)(H4,21,23,25,26,32). The Morgan fingerprint density at radius 2 is 1.97 bits per heavy atom. The minimum absolute atomic E-state index is 0.0823. The predicted octanol–water partition coefficient (Wildman–Crippen LogP) is -0.731. The third kappa shape index (κ3) is 5.79. The van der Waals surface area contributed by atoms with Crippen molar-refractivity contribution < 1.29 is 29.4 Å². The number of nitrogens with zero attached hydrogens (tertiary/aromatic N) is 2. The van der Waals surface area contributed by atoms with Crippen molar-refractivity contribution in [2.24, 2.45) is 0 Å². The van der Waals surface area contributed by atoms with Gasteiger partial charge >= 0.3 is 11.9 Å². The predicted molar refractivity (Wildman–Crippen MR) is 121 cm³/mol. The maximum absolute atomic E-state index is 12.3. The van der Waals surface area contributed by atoms with Crippen LogP contribution in [-0.4, -0.2) is 69.6 Å². The average molecular weight is 473 g/mol. The highest BCUT2D eigenvalue weighted by Gasteiger charge is 2.28. The van der Waals surface area contributed by atoms with Crippen molar-refractivity contribution in [3.63, 3.8) is 0 Å². The molecule has 0 aliphatic carbocycles. The lowest BCUT2D eigenvalue weighted by Crippen LogP contribution is -2.47. The van der Waals surface area contributed by atoms with Crippen LogP contribution in [0.5, 0.6) is 0 Å². The van der Waals surface area contributed by atoms with E-state index in [0.29, 0.717) is 18.6 Å². The number of nitrogen functional groups attached to an aromatic ring is 1. The number of benzene rings is 1. The number of hydrogen-bond donors (Lipinski definition) is 7. The molecule has 14 nitrogen and oxygen atoms in total. The highest BCUT2D eigenvalue weighted by molar-refractivity contribution is 5.97. The van der Waals surface area contributed by atoms with Gasteiger partial charge in [-0.3, -0.25) is 24.2 Å². The summed E-state index contributed by atoms with van der Waals surface area (Å²) in [6.07, 6.45) is -0.0937. The van der Waals surface area contributed by atoms with E-state index < -0.39 is 35.9 Å². The molecular weight excluding hydrogens is 450 g/mol. The van der Waals surface area contributed by atoms with Crippen molar-refractivity contribution in [2.75, 3.05) is 34.4 Å². The number of aliphatic carboxylic acids is 2. The lowest BCUT2D eigenvalue weighted by Gasteiger charge is -2.32. The van der Waals surface area contributed by atoms with Crippen molar-refractivity contribution >= 4 is 47.4 Å². The number of H-pyrrole nitrogens is 1. The molecule has 8 N–H and O–H groups in total. The van der Waals surface area contributed by atoms with Crippen molar-refractivity contribution in [2.45, 2.75) is 24.9 Å². The fourth-order valence-electron chi connectivity index (χ4n) is 3.38. The Kier molecular flexibility index (Phi) is 7.30. The molecule has 14 heteroatoms. The van der Waals surface area contributed by atoms with Crippen molar-refractivity contribution in [3.8, 4) is 0 Å². The molecule has 1 aromatic heterocycles. The molecule has 0 radical (unpaired) electrons. The third-order valence-corrected chi connectivity index (χ3v) is 5.04. The molecule has 2 unspecified atom stereocenters. The Balaban J connectivity index is 1.60. The van der Waals surface area contributed by atoms with Crippen molar-refractivity contribution in [1.29, 1.82) is 0 Å². The summed E-state index contributed by atoms with van der Waals surface area (Å²) in [5, 5.41) is 26.4. The Morgan fingerprint density at radius 3 is 2.59 bits per heavy atom. The minimum Gasteiger partial charge on any atom is -0.481 e. The normalized spacial score (nSPS) is 15.4. The molecule has 1 aliphatic heterocycles. The van der Waals surface area contributed by atoms with E-state index in [-0.39, 0.29) is 42.0 Å². The number of carbonyl (C=O) groups excluding carboxylic acids is 2. The second-order valence-corrected chi connectivity index (χ2v) is 7.50. The molecule has 0 fully saturated rings. The lowest BCUT2D eigenvalue weighted by molar-refractivity contribution is -0.140. The smallest absolute Gasteiger partial charge is 0.326 e. The van der Waals surface area contributed by atoms with Gasteiger partial charge in [-0.25, -0.2) is 4.79 Å². The van der Waals surface area contributed by atoms with E-state index in [4.69, 9.17) is 15.9 Å². The van der Waals surface area contributed by atoms with Gasteiger partial charge in [-0.2, -0.15) is 4.98 Å². The molecule has 0 bridgehead atoms. The van der Waals surface area contributed by atoms with Crippen LogP contribution >= 0.6 is 0 Å². The fraction of sp³-hybridized carbons (Fsp3) is 0.300. The van der Waals surface area contributed by atoms with Gasteiger partial charge in [0.15, 0.2) is 11.5 Å². The Morgan fingerprint density at radius 1 is 1.26 bits per heavy atom. The summed E-state index contributed by atoms with van der Waals surface area (Å²) in [6, 6.07) is 4.56. The molecule has 2 atom stereocenters. The van der Waals surface area contributed by atoms with Gasteiger partial charge in [0.25, 0.3) is 11.5 Å². The number of fused-ring (bicyclic) bond motifs is 1. The number of aromatic amines is 1. The average Bonchev–Trinajstić information content (AvgIpc) is 2.79. The second-order valence-electron chi connectivity index (χ2n) is 7.50. The van der Waals surface area contributed by atoms with Gasteiger partial charge in [0, 0.05) is 30.8 Å². The zero-order chi connectivity index (χ0) is 24.8. The molecule has 0 saturated carbocycles. The quantitative estimate of drug-likeness (QED) is 0.213. The van der Waals surface area contributed by atoms with E-state index in [1.54, 1.807) is 12.1 Å². The molecule has 1 aromatic carbocycles. The largest absolute Gasteiger partial charge is 0.481 e. The van der Waals surface area contributed by atoms with E-state index in [9.17, 15) is 24.0 Å². The van der Waals surface area contributed by atoms with E-state index in [1.807, 2.05) is 0 Å². The van der Waals surface area contributed by atoms with E-state index in [1.165, 1.54) is 17.0 Å². The zero-order valence-electron chi connectivity index (χ0n) is 17.8. The van der Waals surface area contributed by atoms with Crippen LogP contribution in [0.25, 0.3) is 0 Å². The van der Waals surface area contributed by atoms with Gasteiger partial charge in [-0.05, 0) is 30.7 Å². The number of carbonyl (C=O) groups is 4. The summed E-state index contributed by atoms with van der Waals surface area (Å²) in [7, 11) is 0. The van der Waals surface area contributed by atoms with Crippen LogP contribution in [0.2, 0.25) is 0 Å². The number of aromatic nitrogens is 2.